The summed E-state index contributed by atoms with van der Waals surface area (Å²) in [5.41, 5.74) is 1.83. The summed E-state index contributed by atoms with van der Waals surface area (Å²) in [6.07, 6.45) is -0.219. The minimum absolute atomic E-state index is 0.0165. The molecule has 3 aromatic rings. The zero-order chi connectivity index (χ0) is 23.3. The first-order valence-corrected chi connectivity index (χ1v) is 11.6. The second-order valence-corrected chi connectivity index (χ2v) is 9.20. The minimum atomic E-state index is -3.51. The summed E-state index contributed by atoms with van der Waals surface area (Å²) in [6, 6.07) is 19.4. The van der Waals surface area contributed by atoms with E-state index in [1.807, 2.05) is 13.0 Å². The van der Waals surface area contributed by atoms with Gasteiger partial charge in [0.15, 0.2) is 9.84 Å². The van der Waals surface area contributed by atoms with Crippen molar-refractivity contribution in [3.63, 3.8) is 0 Å². The lowest BCUT2D eigenvalue weighted by molar-refractivity contribution is -0.125. The summed E-state index contributed by atoms with van der Waals surface area (Å²) < 4.78 is 34.5. The molecule has 0 aromatic heterocycles. The van der Waals surface area contributed by atoms with Crippen LogP contribution in [0.1, 0.15) is 27.6 Å². The first kappa shape index (κ1) is 23.0. The van der Waals surface area contributed by atoms with Gasteiger partial charge in [0.05, 0.1) is 23.3 Å². The molecule has 3 aromatic carbocycles. The molecule has 0 heterocycles. The number of benzene rings is 3. The molecule has 0 fully saturated rings. The summed E-state index contributed by atoms with van der Waals surface area (Å²) >= 11 is 0. The molecule has 0 saturated carbocycles. The normalized spacial score (nSPS) is 12.0. The van der Waals surface area contributed by atoms with Crippen LogP contribution in [0.3, 0.4) is 0 Å². The number of nitrogens with one attached hydrogen (secondary N) is 1. The zero-order valence-electron chi connectivity index (χ0n) is 17.9. The van der Waals surface area contributed by atoms with Gasteiger partial charge in [0.25, 0.3) is 5.91 Å². The topological polar surface area (TPSA) is 98.8 Å². The monoisotopic (exact) mass is 453 g/mol. The maximum Gasteiger partial charge on any atom is 0.339 e. The van der Waals surface area contributed by atoms with E-state index >= 15 is 0 Å². The number of hydrogen-bond acceptors (Lipinski definition) is 6. The van der Waals surface area contributed by atoms with E-state index in [1.165, 1.54) is 31.4 Å². The van der Waals surface area contributed by atoms with Crippen molar-refractivity contribution in [2.45, 2.75) is 17.9 Å². The van der Waals surface area contributed by atoms with Crippen LogP contribution in [-0.2, 0) is 19.4 Å². The number of ether oxygens (including phenoxy) is 2. The van der Waals surface area contributed by atoms with Crippen molar-refractivity contribution >= 4 is 27.4 Å². The van der Waals surface area contributed by atoms with Crippen molar-refractivity contribution in [1.29, 1.82) is 0 Å². The number of anilines is 1. The highest BCUT2D eigenvalue weighted by atomic mass is 32.2. The minimum Gasteiger partial charge on any atom is -0.495 e. The Bertz CT molecular complexity index is 1240. The van der Waals surface area contributed by atoms with Crippen molar-refractivity contribution in [3.8, 4) is 5.75 Å². The molecule has 0 spiro atoms. The van der Waals surface area contributed by atoms with Crippen LogP contribution in [0.15, 0.2) is 77.7 Å². The number of sulfone groups is 1. The molecule has 166 valence electrons. The van der Waals surface area contributed by atoms with E-state index in [9.17, 15) is 18.0 Å². The molecule has 1 amide bonds. The molecule has 32 heavy (non-hydrogen) atoms. The number of hydrogen-bond donors (Lipinski definition) is 1. The summed E-state index contributed by atoms with van der Waals surface area (Å²) in [5, 5.41) is 2.76. The smallest absolute Gasteiger partial charge is 0.339 e. The third-order valence-corrected chi connectivity index (χ3v) is 5.79. The second-order valence-electron chi connectivity index (χ2n) is 7.19. The van der Waals surface area contributed by atoms with Crippen LogP contribution in [0.5, 0.6) is 5.75 Å². The molecule has 0 aliphatic heterocycles. The largest absolute Gasteiger partial charge is 0.495 e. The van der Waals surface area contributed by atoms with Gasteiger partial charge in [-0.2, -0.15) is 0 Å². The van der Waals surface area contributed by atoms with Gasteiger partial charge in [-0.05, 0) is 42.8 Å². The Balaban J connectivity index is 1.92. The Morgan fingerprint density at radius 3 is 2.31 bits per heavy atom. The van der Waals surface area contributed by atoms with Crippen molar-refractivity contribution in [2.24, 2.45) is 0 Å². The predicted molar refractivity (Wildman–Crippen MR) is 121 cm³/mol. The van der Waals surface area contributed by atoms with E-state index < -0.39 is 27.8 Å². The lowest BCUT2D eigenvalue weighted by Gasteiger charge is -2.19. The molecule has 1 atom stereocenters. The first-order chi connectivity index (χ1) is 15.2. The van der Waals surface area contributed by atoms with Crippen LogP contribution in [-0.4, -0.2) is 33.7 Å². The van der Waals surface area contributed by atoms with Crippen LogP contribution >= 0.6 is 0 Å². The maximum absolute atomic E-state index is 13.1. The third kappa shape index (κ3) is 5.53. The van der Waals surface area contributed by atoms with Crippen LogP contribution in [0.2, 0.25) is 0 Å². The molecule has 1 N–H and O–H groups in total. The lowest BCUT2D eigenvalue weighted by Crippen LogP contribution is -2.26. The number of aryl methyl sites for hydroxylation is 1. The summed E-state index contributed by atoms with van der Waals surface area (Å²) in [4.78, 5) is 25.9. The number of rotatable bonds is 7. The van der Waals surface area contributed by atoms with Crippen LogP contribution in [0.25, 0.3) is 0 Å². The highest BCUT2D eigenvalue weighted by Crippen LogP contribution is 2.28. The van der Waals surface area contributed by atoms with Crippen molar-refractivity contribution < 1.29 is 27.5 Å². The number of carbonyl (C=O) groups excluding carboxylic acids is 2. The molecule has 0 aliphatic carbocycles. The van der Waals surface area contributed by atoms with Crippen LogP contribution < -0.4 is 10.1 Å². The highest BCUT2D eigenvalue weighted by molar-refractivity contribution is 7.90. The molecular weight excluding hydrogens is 430 g/mol. The van der Waals surface area contributed by atoms with Gasteiger partial charge in [-0.1, -0.05) is 42.5 Å². The SMILES string of the molecule is COc1ccc(C)cc1NC(=O)[C@@H](OC(=O)c1cccc(S(C)(=O)=O)c1)c1ccccc1. The van der Waals surface area contributed by atoms with Gasteiger partial charge >= 0.3 is 5.97 Å². The second kappa shape index (κ2) is 9.65. The van der Waals surface area contributed by atoms with Gasteiger partial charge in [0, 0.05) is 11.8 Å². The molecule has 8 heteroatoms. The maximum atomic E-state index is 13.1. The Labute approximate surface area is 186 Å². The fraction of sp³-hybridized carbons (Fsp3) is 0.167. The first-order valence-electron chi connectivity index (χ1n) is 9.70. The van der Waals surface area contributed by atoms with Gasteiger partial charge < -0.3 is 14.8 Å². The molecule has 0 saturated heterocycles. The Morgan fingerprint density at radius 1 is 0.938 bits per heavy atom. The number of methoxy groups -OCH3 is 1. The van der Waals surface area contributed by atoms with E-state index in [1.54, 1.807) is 42.5 Å². The summed E-state index contributed by atoms with van der Waals surface area (Å²) in [5.74, 6) is -0.939. The van der Waals surface area contributed by atoms with E-state index in [2.05, 4.69) is 5.32 Å². The summed E-state index contributed by atoms with van der Waals surface area (Å²) in [7, 11) is -2.02. The lowest BCUT2D eigenvalue weighted by atomic mass is 10.1. The molecule has 3 rings (SSSR count). The van der Waals surface area contributed by atoms with Gasteiger partial charge in [-0.25, -0.2) is 13.2 Å². The Kier molecular flexibility index (Phi) is 6.95. The quantitative estimate of drug-likeness (QED) is 0.544. The zero-order valence-corrected chi connectivity index (χ0v) is 18.7. The van der Waals surface area contributed by atoms with E-state index in [0.29, 0.717) is 17.0 Å². The summed E-state index contributed by atoms with van der Waals surface area (Å²) in [6.45, 7) is 1.87. The third-order valence-electron chi connectivity index (χ3n) is 4.68. The average molecular weight is 454 g/mol. The van der Waals surface area contributed by atoms with Crippen molar-refractivity contribution in [2.75, 3.05) is 18.7 Å². The highest BCUT2D eigenvalue weighted by Gasteiger charge is 2.27. The van der Waals surface area contributed by atoms with Gasteiger partial charge in [0.1, 0.15) is 5.75 Å². The fourth-order valence-electron chi connectivity index (χ4n) is 3.05. The molecule has 0 radical (unpaired) electrons. The fourth-order valence-corrected chi connectivity index (χ4v) is 3.71. The van der Waals surface area contributed by atoms with Crippen molar-refractivity contribution in [1.82, 2.24) is 0 Å². The van der Waals surface area contributed by atoms with E-state index in [4.69, 9.17) is 9.47 Å². The number of amides is 1. The Morgan fingerprint density at radius 2 is 1.66 bits per heavy atom. The van der Waals surface area contributed by atoms with Crippen LogP contribution in [0, 0.1) is 6.92 Å². The van der Waals surface area contributed by atoms with Crippen LogP contribution in [0.4, 0.5) is 5.69 Å². The average Bonchev–Trinajstić information content (AvgIpc) is 2.77. The number of carbonyl (C=O) groups is 2. The standard InChI is InChI=1S/C24H23NO6S/c1-16-12-13-21(30-2)20(14-16)25-23(26)22(17-8-5-4-6-9-17)31-24(27)18-10-7-11-19(15-18)32(3,28)29/h4-15,22H,1-3H3,(H,25,26)/t22-/m0/s1. The van der Waals surface area contributed by atoms with Gasteiger partial charge in [-0.3, -0.25) is 4.79 Å². The van der Waals surface area contributed by atoms with E-state index in [0.717, 1.165) is 11.8 Å². The Hall–Kier alpha value is -3.65. The number of esters is 1. The van der Waals surface area contributed by atoms with E-state index in [-0.39, 0.29) is 10.5 Å². The molecule has 0 bridgehead atoms. The van der Waals surface area contributed by atoms with Crippen molar-refractivity contribution in [3.05, 3.63) is 89.5 Å². The van der Waals surface area contributed by atoms with Gasteiger partial charge in [0.2, 0.25) is 6.10 Å². The molecular formula is C24H23NO6S. The molecule has 7 nitrogen and oxygen atoms in total. The predicted octanol–water partition coefficient (Wildman–Crippen LogP) is 3.94. The molecule has 0 aliphatic rings. The van der Waals surface area contributed by atoms with Gasteiger partial charge in [-0.15, -0.1) is 0 Å². The molecule has 0 unspecified atom stereocenters.